The first-order valence-electron chi connectivity index (χ1n) is 9.35. The van der Waals surface area contributed by atoms with Crippen LogP contribution < -0.4 is 0 Å². The second kappa shape index (κ2) is 8.16. The van der Waals surface area contributed by atoms with E-state index < -0.39 is 5.79 Å². The Morgan fingerprint density at radius 3 is 1.70 bits per heavy atom. The molecule has 1 heterocycles. The van der Waals surface area contributed by atoms with Crippen LogP contribution in [0.1, 0.15) is 24.0 Å². The first kappa shape index (κ1) is 19.3. The number of hydrogen-bond acceptors (Lipinski definition) is 3. The van der Waals surface area contributed by atoms with Gasteiger partial charge in [-0.2, -0.15) is 0 Å². The molecule has 0 bridgehead atoms. The van der Waals surface area contributed by atoms with Crippen LogP contribution in [0, 0.1) is 11.8 Å². The summed E-state index contributed by atoms with van der Waals surface area (Å²) in [6.07, 6.45) is 2.70. The van der Waals surface area contributed by atoms with Gasteiger partial charge in [-0.05, 0) is 36.1 Å². The molecule has 0 unspecified atom stereocenters. The first-order valence-corrected chi connectivity index (χ1v) is 10.9. The second-order valence-electron chi connectivity index (χ2n) is 7.40. The Morgan fingerprint density at radius 2 is 1.26 bits per heavy atom. The fourth-order valence-corrected chi connectivity index (χ4v) is 5.20. The Morgan fingerprint density at radius 1 is 0.815 bits per heavy atom. The van der Waals surface area contributed by atoms with Gasteiger partial charge in [0.2, 0.25) is 0 Å². The molecule has 2 aromatic rings. The van der Waals surface area contributed by atoms with Crippen molar-refractivity contribution in [2.45, 2.75) is 31.5 Å². The third-order valence-electron chi connectivity index (χ3n) is 5.58. The van der Waals surface area contributed by atoms with E-state index in [9.17, 15) is 4.79 Å². The maximum atomic E-state index is 13.4. The first-order chi connectivity index (χ1) is 13.1. The van der Waals surface area contributed by atoms with Crippen molar-refractivity contribution in [2.24, 2.45) is 11.8 Å². The minimum absolute atomic E-state index is 0.0944. The zero-order valence-corrected chi connectivity index (χ0v) is 18.2. The van der Waals surface area contributed by atoms with E-state index in [-0.39, 0.29) is 11.8 Å². The SMILES string of the molecule is O=C1[C@H](Cc2ccccc2Br)CC2(C[C@H]1Cc1ccccc1Br)OCCO2. The van der Waals surface area contributed by atoms with Crippen LogP contribution in [-0.4, -0.2) is 24.8 Å². The fraction of sp³-hybridized carbons (Fsp3) is 0.409. The molecule has 1 saturated heterocycles. The number of hydrogen-bond donors (Lipinski definition) is 0. The smallest absolute Gasteiger partial charge is 0.169 e. The average Bonchev–Trinajstić information content (AvgIpc) is 3.10. The van der Waals surface area contributed by atoms with Crippen molar-refractivity contribution in [1.29, 1.82) is 0 Å². The number of Topliss-reactive ketones (excluding diaryl/α,β-unsaturated/α-hetero) is 1. The molecule has 1 aliphatic heterocycles. The lowest BCUT2D eigenvalue weighted by Gasteiger charge is -2.40. The molecule has 0 amide bonds. The standard InChI is InChI=1S/C22H22Br2O3/c23-19-7-3-1-5-15(19)11-17-13-22(26-9-10-27-22)14-18(21(17)25)12-16-6-2-4-8-20(16)24/h1-8,17-18H,9-14H2/t17-,18-/m1/s1. The van der Waals surface area contributed by atoms with Crippen molar-refractivity contribution < 1.29 is 14.3 Å². The molecule has 1 saturated carbocycles. The van der Waals surface area contributed by atoms with E-state index in [4.69, 9.17) is 9.47 Å². The Balaban J connectivity index is 1.60. The molecular formula is C22H22Br2O3. The van der Waals surface area contributed by atoms with Crippen LogP contribution in [0.4, 0.5) is 0 Å². The number of ether oxygens (including phenoxy) is 2. The molecule has 1 aliphatic carbocycles. The third-order valence-corrected chi connectivity index (χ3v) is 7.13. The maximum Gasteiger partial charge on any atom is 0.169 e. The Bertz CT molecular complexity index is 768. The lowest BCUT2D eigenvalue weighted by molar-refractivity contribution is -0.198. The third kappa shape index (κ3) is 4.21. The lowest BCUT2D eigenvalue weighted by atomic mass is 9.72. The quantitative estimate of drug-likeness (QED) is 0.577. The summed E-state index contributed by atoms with van der Waals surface area (Å²) in [5.41, 5.74) is 2.32. The molecule has 0 radical (unpaired) electrons. The normalized spacial score (nSPS) is 24.4. The van der Waals surface area contributed by atoms with E-state index in [1.165, 1.54) is 0 Å². The fourth-order valence-electron chi connectivity index (χ4n) is 4.31. The van der Waals surface area contributed by atoms with Crippen molar-refractivity contribution in [3.8, 4) is 0 Å². The zero-order chi connectivity index (χ0) is 18.9. The van der Waals surface area contributed by atoms with Crippen molar-refractivity contribution >= 4 is 37.6 Å². The van der Waals surface area contributed by atoms with Gasteiger partial charge in [0.1, 0.15) is 5.78 Å². The summed E-state index contributed by atoms with van der Waals surface area (Å²) >= 11 is 7.23. The molecule has 142 valence electrons. The highest BCUT2D eigenvalue weighted by atomic mass is 79.9. The lowest BCUT2D eigenvalue weighted by Crippen LogP contribution is -2.46. The zero-order valence-electron chi connectivity index (χ0n) is 15.0. The predicted octanol–water partition coefficient (Wildman–Crippen LogP) is 5.34. The average molecular weight is 494 g/mol. The topological polar surface area (TPSA) is 35.5 Å². The molecule has 1 spiro atoms. The molecule has 0 aromatic heterocycles. The van der Waals surface area contributed by atoms with Gasteiger partial charge in [-0.1, -0.05) is 68.3 Å². The van der Waals surface area contributed by atoms with E-state index in [2.05, 4.69) is 44.0 Å². The van der Waals surface area contributed by atoms with E-state index in [1.54, 1.807) is 0 Å². The summed E-state index contributed by atoms with van der Waals surface area (Å²) in [5, 5.41) is 0. The maximum absolute atomic E-state index is 13.4. The monoisotopic (exact) mass is 492 g/mol. The number of halogens is 2. The van der Waals surface area contributed by atoms with Gasteiger partial charge in [0.25, 0.3) is 0 Å². The van der Waals surface area contributed by atoms with Gasteiger partial charge < -0.3 is 9.47 Å². The summed E-state index contributed by atoms with van der Waals surface area (Å²) in [6, 6.07) is 16.2. The van der Waals surface area contributed by atoms with Crippen LogP contribution >= 0.6 is 31.9 Å². The number of ketones is 1. The van der Waals surface area contributed by atoms with Crippen molar-refractivity contribution in [3.05, 3.63) is 68.6 Å². The van der Waals surface area contributed by atoms with E-state index in [0.29, 0.717) is 44.7 Å². The second-order valence-corrected chi connectivity index (χ2v) is 9.11. The molecule has 2 atom stereocenters. The molecule has 27 heavy (non-hydrogen) atoms. The molecule has 0 N–H and O–H groups in total. The van der Waals surface area contributed by atoms with E-state index >= 15 is 0 Å². The minimum atomic E-state index is -0.605. The van der Waals surface area contributed by atoms with Gasteiger partial charge in [0, 0.05) is 33.6 Å². The van der Waals surface area contributed by atoms with Crippen LogP contribution in [0.2, 0.25) is 0 Å². The highest BCUT2D eigenvalue weighted by molar-refractivity contribution is 9.10. The molecule has 5 heteroatoms. The van der Waals surface area contributed by atoms with Crippen LogP contribution in [0.5, 0.6) is 0 Å². The van der Waals surface area contributed by atoms with Gasteiger partial charge in [0.05, 0.1) is 13.2 Å². The van der Waals surface area contributed by atoms with Crippen molar-refractivity contribution in [3.63, 3.8) is 0 Å². The van der Waals surface area contributed by atoms with E-state index in [1.807, 2.05) is 36.4 Å². The summed E-state index contributed by atoms with van der Waals surface area (Å²) < 4.78 is 14.2. The predicted molar refractivity (Wildman–Crippen MR) is 112 cm³/mol. The summed E-state index contributed by atoms with van der Waals surface area (Å²) in [4.78, 5) is 13.4. The van der Waals surface area contributed by atoms with Gasteiger partial charge in [0.15, 0.2) is 5.79 Å². The number of carbonyl (C=O) groups excluding carboxylic acids is 1. The van der Waals surface area contributed by atoms with Crippen LogP contribution in [0.15, 0.2) is 57.5 Å². The van der Waals surface area contributed by atoms with Gasteiger partial charge in [-0.3, -0.25) is 4.79 Å². The molecule has 2 aliphatic rings. The Hall–Kier alpha value is -1.01. The van der Waals surface area contributed by atoms with Crippen LogP contribution in [-0.2, 0) is 27.1 Å². The van der Waals surface area contributed by atoms with Gasteiger partial charge in [-0.25, -0.2) is 0 Å². The molecular weight excluding hydrogens is 472 g/mol. The number of rotatable bonds is 4. The van der Waals surface area contributed by atoms with E-state index in [0.717, 1.165) is 20.1 Å². The number of carbonyl (C=O) groups is 1. The minimum Gasteiger partial charge on any atom is -0.347 e. The van der Waals surface area contributed by atoms with Crippen molar-refractivity contribution in [1.82, 2.24) is 0 Å². The van der Waals surface area contributed by atoms with Crippen molar-refractivity contribution in [2.75, 3.05) is 13.2 Å². The molecule has 3 nitrogen and oxygen atoms in total. The van der Waals surface area contributed by atoms with Crippen LogP contribution in [0.25, 0.3) is 0 Å². The highest BCUT2D eigenvalue weighted by Gasteiger charge is 2.49. The Kier molecular flexibility index (Phi) is 5.83. The van der Waals surface area contributed by atoms with Gasteiger partial charge in [-0.15, -0.1) is 0 Å². The highest BCUT2D eigenvalue weighted by Crippen LogP contribution is 2.43. The summed E-state index contributed by atoms with van der Waals surface area (Å²) in [7, 11) is 0. The Labute approximate surface area is 176 Å². The largest absolute Gasteiger partial charge is 0.347 e. The number of benzene rings is 2. The molecule has 4 rings (SSSR count). The van der Waals surface area contributed by atoms with Crippen LogP contribution in [0.3, 0.4) is 0 Å². The van der Waals surface area contributed by atoms with Gasteiger partial charge >= 0.3 is 0 Å². The summed E-state index contributed by atoms with van der Waals surface area (Å²) in [6.45, 7) is 1.22. The molecule has 2 aromatic carbocycles. The molecule has 2 fully saturated rings. The summed E-state index contributed by atoms with van der Waals surface area (Å²) in [5.74, 6) is -0.469.